The smallest absolute Gasteiger partial charge is 0.387 e. The number of aromatic nitrogens is 2. The number of hydrogen-bond acceptors (Lipinski definition) is 4. The predicted molar refractivity (Wildman–Crippen MR) is 133 cm³/mol. The quantitative estimate of drug-likeness (QED) is 0.339. The van der Waals surface area contributed by atoms with E-state index in [1.165, 1.54) is 12.1 Å². The Labute approximate surface area is 209 Å². The van der Waals surface area contributed by atoms with Gasteiger partial charge in [-0.15, -0.1) is 0 Å². The zero-order chi connectivity index (χ0) is 25.7. The molecule has 0 radical (unpaired) electrons. The van der Waals surface area contributed by atoms with Crippen LogP contribution in [0.2, 0.25) is 23.2 Å². The van der Waals surface area contributed by atoms with Crippen LogP contribution < -0.4 is 4.74 Å². The first-order chi connectivity index (χ1) is 16.3. The summed E-state index contributed by atoms with van der Waals surface area (Å²) in [5.74, 6) is -0.442. The van der Waals surface area contributed by atoms with Crippen molar-refractivity contribution in [1.82, 2.24) is 9.55 Å². The van der Waals surface area contributed by atoms with Crippen LogP contribution in [0.15, 0.2) is 36.4 Å². The average Bonchev–Trinajstić information content (AvgIpc) is 3.24. The molecule has 0 saturated heterocycles. The molecule has 3 aromatic rings. The summed E-state index contributed by atoms with van der Waals surface area (Å²) < 4.78 is 40.3. The molecule has 1 N–H and O–H groups in total. The fraction of sp³-hybridized carbons (Fsp3) is 0.440. The third-order valence-corrected chi connectivity index (χ3v) is 11.7. The molecule has 1 aliphatic rings. The topological polar surface area (TPSA) is 73.6 Å². The van der Waals surface area contributed by atoms with E-state index in [2.05, 4.69) is 33.9 Å². The SMILES string of the molecule is CC(C)(C)[Si](C)(C)O[C@H]1C[C@H](c2c(CC(=O)O)cccc2OC(F)F)n2c1nc1ccc(Cl)cc12. The second-order valence-electron chi connectivity index (χ2n) is 10.4. The molecule has 0 spiro atoms. The molecule has 1 aliphatic heterocycles. The molecule has 0 aliphatic carbocycles. The Morgan fingerprint density at radius 1 is 1.29 bits per heavy atom. The Kier molecular flexibility index (Phi) is 6.72. The van der Waals surface area contributed by atoms with Gasteiger partial charge in [-0.3, -0.25) is 4.79 Å². The second-order valence-corrected chi connectivity index (χ2v) is 15.6. The molecular formula is C25H29ClF2N2O4Si. The van der Waals surface area contributed by atoms with E-state index in [0.717, 1.165) is 5.52 Å². The normalized spacial score (nSPS) is 18.3. The summed E-state index contributed by atoms with van der Waals surface area (Å²) >= 11 is 6.31. The number of halogens is 3. The van der Waals surface area contributed by atoms with Crippen molar-refractivity contribution in [2.24, 2.45) is 0 Å². The molecule has 0 fully saturated rings. The summed E-state index contributed by atoms with van der Waals surface area (Å²) in [5.41, 5.74) is 2.23. The first-order valence-electron chi connectivity index (χ1n) is 11.4. The minimum Gasteiger partial charge on any atom is -0.481 e. The lowest BCUT2D eigenvalue weighted by Crippen LogP contribution is -2.41. The highest BCUT2D eigenvalue weighted by atomic mass is 35.5. The van der Waals surface area contributed by atoms with Crippen molar-refractivity contribution >= 4 is 36.9 Å². The number of alkyl halides is 2. The zero-order valence-electron chi connectivity index (χ0n) is 20.3. The third-order valence-electron chi connectivity index (χ3n) is 7.01. The van der Waals surface area contributed by atoms with E-state index in [1.807, 2.05) is 10.6 Å². The Morgan fingerprint density at radius 2 is 2.00 bits per heavy atom. The molecule has 2 atom stereocenters. The van der Waals surface area contributed by atoms with Gasteiger partial charge in [0, 0.05) is 17.0 Å². The highest BCUT2D eigenvalue weighted by Crippen LogP contribution is 2.50. The number of hydrogen-bond donors (Lipinski definition) is 1. The van der Waals surface area contributed by atoms with E-state index in [-0.39, 0.29) is 17.2 Å². The lowest BCUT2D eigenvalue weighted by Gasteiger charge is -2.38. The Bertz CT molecular complexity index is 1270. The van der Waals surface area contributed by atoms with Crippen LogP contribution in [0, 0.1) is 0 Å². The average molecular weight is 523 g/mol. The first kappa shape index (κ1) is 25.6. The largest absolute Gasteiger partial charge is 0.481 e. The van der Waals surface area contributed by atoms with Crippen molar-refractivity contribution in [3.8, 4) is 5.75 Å². The highest BCUT2D eigenvalue weighted by molar-refractivity contribution is 6.74. The summed E-state index contributed by atoms with van der Waals surface area (Å²) in [4.78, 5) is 16.5. The maximum Gasteiger partial charge on any atom is 0.387 e. The van der Waals surface area contributed by atoms with Crippen LogP contribution in [0.3, 0.4) is 0 Å². The number of ether oxygens (including phenoxy) is 1. The molecule has 10 heteroatoms. The number of carbonyl (C=O) groups is 1. The summed E-state index contributed by atoms with van der Waals surface area (Å²) in [7, 11) is -2.23. The van der Waals surface area contributed by atoms with Crippen molar-refractivity contribution in [2.75, 3.05) is 0 Å². The molecule has 35 heavy (non-hydrogen) atoms. The maximum absolute atomic E-state index is 13.4. The van der Waals surface area contributed by atoms with Crippen LogP contribution in [0.5, 0.6) is 5.75 Å². The lowest BCUT2D eigenvalue weighted by molar-refractivity contribution is -0.136. The van der Waals surface area contributed by atoms with Gasteiger partial charge in [0.05, 0.1) is 23.5 Å². The van der Waals surface area contributed by atoms with Crippen LogP contribution in [-0.4, -0.2) is 35.6 Å². The number of carboxylic acids is 1. The number of carboxylic acid groups (broad SMARTS) is 1. The molecule has 188 valence electrons. The van der Waals surface area contributed by atoms with Gasteiger partial charge in [-0.2, -0.15) is 8.78 Å². The first-order valence-corrected chi connectivity index (χ1v) is 14.7. The van der Waals surface area contributed by atoms with Gasteiger partial charge in [0.1, 0.15) is 17.7 Å². The second kappa shape index (κ2) is 9.18. The van der Waals surface area contributed by atoms with Crippen LogP contribution in [0.1, 0.15) is 56.3 Å². The number of nitrogens with zero attached hydrogens (tertiary/aromatic N) is 2. The molecule has 0 unspecified atom stereocenters. The third kappa shape index (κ3) is 4.94. The fourth-order valence-corrected chi connectivity index (χ4v) is 5.85. The van der Waals surface area contributed by atoms with Gasteiger partial charge in [-0.05, 0) is 48.0 Å². The molecule has 2 heterocycles. The Balaban J connectivity index is 1.93. The monoisotopic (exact) mass is 522 g/mol. The Hall–Kier alpha value is -2.49. The van der Waals surface area contributed by atoms with E-state index in [1.54, 1.807) is 18.2 Å². The molecule has 0 bridgehead atoms. The van der Waals surface area contributed by atoms with Crippen molar-refractivity contribution in [3.63, 3.8) is 0 Å². The van der Waals surface area contributed by atoms with E-state index < -0.39 is 33.0 Å². The van der Waals surface area contributed by atoms with E-state index in [4.69, 9.17) is 25.7 Å². The van der Waals surface area contributed by atoms with Gasteiger partial charge in [-0.1, -0.05) is 44.5 Å². The molecular weight excluding hydrogens is 494 g/mol. The molecule has 2 aromatic carbocycles. The van der Waals surface area contributed by atoms with E-state index >= 15 is 0 Å². The molecule has 6 nitrogen and oxygen atoms in total. The maximum atomic E-state index is 13.4. The standard InChI is InChI=1S/C25H29ClF2N2O4Si/c1-25(2,3)35(4,5)34-20-13-18(30-17-12-15(26)9-10-16(17)29-23(20)30)22-14(11-21(31)32)7-6-8-19(22)33-24(27)28/h6-10,12,18,20,24H,11,13H2,1-5H3,(H,31,32)/t18-,20+/m1/s1. The number of imidazole rings is 1. The van der Waals surface area contributed by atoms with Gasteiger partial charge >= 0.3 is 12.6 Å². The van der Waals surface area contributed by atoms with E-state index in [0.29, 0.717) is 33.9 Å². The highest BCUT2D eigenvalue weighted by Gasteiger charge is 2.45. The van der Waals surface area contributed by atoms with Crippen LogP contribution in [-0.2, 0) is 15.6 Å². The zero-order valence-corrected chi connectivity index (χ0v) is 22.1. The fourth-order valence-electron chi connectivity index (χ4n) is 4.42. The minimum absolute atomic E-state index is 0.0495. The minimum atomic E-state index is -3.05. The summed E-state index contributed by atoms with van der Waals surface area (Å²) in [6.45, 7) is 7.67. The summed E-state index contributed by atoms with van der Waals surface area (Å²) in [5, 5.41) is 9.97. The summed E-state index contributed by atoms with van der Waals surface area (Å²) in [6.07, 6.45) is -0.319. The number of aliphatic carboxylic acids is 1. The van der Waals surface area contributed by atoms with Crippen molar-refractivity contribution in [2.45, 2.75) is 70.5 Å². The number of rotatable bonds is 7. The molecule has 0 saturated carbocycles. The molecule has 1 aromatic heterocycles. The Morgan fingerprint density at radius 3 is 2.63 bits per heavy atom. The molecule has 0 amide bonds. The number of fused-ring (bicyclic) bond motifs is 3. The van der Waals surface area contributed by atoms with E-state index in [9.17, 15) is 18.7 Å². The van der Waals surface area contributed by atoms with Crippen LogP contribution in [0.25, 0.3) is 11.0 Å². The van der Waals surface area contributed by atoms with Gasteiger partial charge in [0.15, 0.2) is 8.32 Å². The van der Waals surface area contributed by atoms with Gasteiger partial charge in [-0.25, -0.2) is 4.98 Å². The molecule has 4 rings (SSSR count). The van der Waals surface area contributed by atoms with Crippen LogP contribution >= 0.6 is 11.6 Å². The van der Waals surface area contributed by atoms with Crippen LogP contribution in [0.4, 0.5) is 8.78 Å². The predicted octanol–water partition coefficient (Wildman–Crippen LogP) is 6.97. The van der Waals surface area contributed by atoms with Crippen molar-refractivity contribution in [1.29, 1.82) is 0 Å². The van der Waals surface area contributed by atoms with Gasteiger partial charge in [0.2, 0.25) is 0 Å². The lowest BCUT2D eigenvalue weighted by atomic mass is 9.94. The number of benzene rings is 2. The van der Waals surface area contributed by atoms with Crippen molar-refractivity contribution in [3.05, 3.63) is 58.4 Å². The van der Waals surface area contributed by atoms with Crippen molar-refractivity contribution < 1.29 is 27.8 Å². The van der Waals surface area contributed by atoms with Gasteiger partial charge < -0.3 is 18.8 Å². The summed E-state index contributed by atoms with van der Waals surface area (Å²) in [6, 6.07) is 9.42. The van der Waals surface area contributed by atoms with Gasteiger partial charge in [0.25, 0.3) is 0 Å².